The van der Waals surface area contributed by atoms with Crippen LogP contribution >= 0.6 is 0 Å². The maximum atomic E-state index is 11.6. The Morgan fingerprint density at radius 1 is 1.15 bits per heavy atom. The number of hydrogen-bond acceptors (Lipinski definition) is 3. The minimum atomic E-state index is -0.117. The Bertz CT molecular complexity index is 292. The molecule has 0 saturated carbocycles. The molecule has 4 heteroatoms. The molecule has 0 atom stereocenters. The Balaban J connectivity index is 2.25. The summed E-state index contributed by atoms with van der Waals surface area (Å²) >= 11 is 0. The summed E-state index contributed by atoms with van der Waals surface area (Å²) in [5.74, 6) is -0.233. The lowest BCUT2D eigenvalue weighted by Crippen LogP contribution is -2.59. The molecule has 2 aliphatic heterocycles. The van der Waals surface area contributed by atoms with Crippen molar-refractivity contribution >= 4 is 11.8 Å². The van der Waals surface area contributed by atoms with Crippen molar-refractivity contribution in [3.8, 4) is 0 Å². The van der Waals surface area contributed by atoms with E-state index in [2.05, 4.69) is 5.32 Å². The van der Waals surface area contributed by atoms with Crippen molar-refractivity contribution < 1.29 is 9.59 Å². The molecule has 1 fully saturated rings. The van der Waals surface area contributed by atoms with Crippen LogP contribution in [0.5, 0.6) is 0 Å². The first-order valence-corrected chi connectivity index (χ1v) is 4.39. The van der Waals surface area contributed by atoms with E-state index in [1.165, 1.54) is 4.90 Å². The third-order valence-corrected chi connectivity index (χ3v) is 2.77. The highest BCUT2D eigenvalue weighted by atomic mass is 16.2. The summed E-state index contributed by atoms with van der Waals surface area (Å²) in [4.78, 5) is 24.5. The highest BCUT2D eigenvalue weighted by Crippen LogP contribution is 2.23. The molecule has 0 aromatic carbocycles. The van der Waals surface area contributed by atoms with Gasteiger partial charge >= 0.3 is 0 Å². The van der Waals surface area contributed by atoms with Gasteiger partial charge in [-0.3, -0.25) is 14.5 Å². The van der Waals surface area contributed by atoms with Gasteiger partial charge in [-0.2, -0.15) is 0 Å². The summed E-state index contributed by atoms with van der Waals surface area (Å²) in [6.07, 6.45) is 0. The topological polar surface area (TPSA) is 49.4 Å². The fourth-order valence-corrected chi connectivity index (χ4v) is 1.56. The molecule has 0 bridgehead atoms. The van der Waals surface area contributed by atoms with E-state index in [1.54, 1.807) is 13.8 Å². The molecule has 70 valence electrons. The van der Waals surface area contributed by atoms with Crippen molar-refractivity contribution in [1.82, 2.24) is 10.2 Å². The highest BCUT2D eigenvalue weighted by Gasteiger charge is 2.40. The van der Waals surface area contributed by atoms with E-state index in [0.717, 1.165) is 13.1 Å². The lowest BCUT2D eigenvalue weighted by atomic mass is 10.1. The van der Waals surface area contributed by atoms with E-state index >= 15 is 0 Å². The normalized spacial score (nSPS) is 24.3. The molecule has 2 heterocycles. The fourth-order valence-electron chi connectivity index (χ4n) is 1.56. The molecular weight excluding hydrogens is 168 g/mol. The number of carbonyl (C=O) groups excluding carboxylic acids is 2. The van der Waals surface area contributed by atoms with Crippen molar-refractivity contribution in [2.24, 2.45) is 0 Å². The molecule has 1 N–H and O–H groups in total. The van der Waals surface area contributed by atoms with Crippen LogP contribution in [0.4, 0.5) is 0 Å². The Labute approximate surface area is 76.6 Å². The molecule has 0 spiro atoms. The molecule has 2 amide bonds. The van der Waals surface area contributed by atoms with Gasteiger partial charge in [-0.15, -0.1) is 0 Å². The van der Waals surface area contributed by atoms with Crippen LogP contribution in [0.1, 0.15) is 13.8 Å². The second-order valence-corrected chi connectivity index (χ2v) is 3.54. The van der Waals surface area contributed by atoms with Crippen LogP contribution in [-0.4, -0.2) is 35.8 Å². The van der Waals surface area contributed by atoms with Crippen LogP contribution < -0.4 is 5.32 Å². The molecule has 0 radical (unpaired) electrons. The predicted molar refractivity (Wildman–Crippen MR) is 46.9 cm³/mol. The van der Waals surface area contributed by atoms with Crippen LogP contribution in [0.2, 0.25) is 0 Å². The number of nitrogens with one attached hydrogen (secondary N) is 1. The Morgan fingerprint density at radius 3 is 1.92 bits per heavy atom. The summed E-state index contributed by atoms with van der Waals surface area (Å²) < 4.78 is 0. The number of nitrogens with zero attached hydrogens (tertiary/aromatic N) is 1. The third kappa shape index (κ3) is 1.02. The monoisotopic (exact) mass is 180 g/mol. The minimum Gasteiger partial charge on any atom is -0.313 e. The summed E-state index contributed by atoms with van der Waals surface area (Å²) in [5, 5.41) is 3.04. The molecule has 0 aliphatic carbocycles. The van der Waals surface area contributed by atoms with E-state index in [9.17, 15) is 9.59 Å². The van der Waals surface area contributed by atoms with Crippen molar-refractivity contribution in [2.45, 2.75) is 19.9 Å². The summed E-state index contributed by atoms with van der Waals surface area (Å²) in [6.45, 7) is 4.89. The van der Waals surface area contributed by atoms with Crippen LogP contribution in [0, 0.1) is 0 Å². The van der Waals surface area contributed by atoms with Crippen LogP contribution in [-0.2, 0) is 9.59 Å². The van der Waals surface area contributed by atoms with Gasteiger partial charge in [0.25, 0.3) is 11.8 Å². The summed E-state index contributed by atoms with van der Waals surface area (Å²) in [6, 6.07) is 0.0763. The maximum absolute atomic E-state index is 11.6. The molecule has 2 aliphatic rings. The number of amides is 2. The lowest BCUT2D eigenvalue weighted by Gasteiger charge is -2.34. The van der Waals surface area contributed by atoms with Crippen molar-refractivity contribution in [3.63, 3.8) is 0 Å². The Kier molecular flexibility index (Phi) is 1.73. The van der Waals surface area contributed by atoms with Crippen molar-refractivity contribution in [1.29, 1.82) is 0 Å². The van der Waals surface area contributed by atoms with Gasteiger partial charge < -0.3 is 5.32 Å². The van der Waals surface area contributed by atoms with Gasteiger partial charge in [0, 0.05) is 24.2 Å². The number of hydrogen-bond donors (Lipinski definition) is 1. The van der Waals surface area contributed by atoms with E-state index in [0.29, 0.717) is 11.1 Å². The standard InChI is InChI=1S/C9H12N2O2/c1-5-6(2)9(13)11(8(5)12)7-3-10-4-7/h7,10H,3-4H2,1-2H3. The largest absolute Gasteiger partial charge is 0.313 e. The maximum Gasteiger partial charge on any atom is 0.257 e. The zero-order valence-corrected chi connectivity index (χ0v) is 7.76. The van der Waals surface area contributed by atoms with Crippen LogP contribution in [0.3, 0.4) is 0 Å². The average Bonchev–Trinajstić information content (AvgIpc) is 2.19. The molecular formula is C9H12N2O2. The van der Waals surface area contributed by atoms with E-state index < -0.39 is 0 Å². The molecule has 0 aromatic heterocycles. The molecule has 4 nitrogen and oxygen atoms in total. The molecule has 2 rings (SSSR count). The SMILES string of the molecule is CC1=C(C)C(=O)N(C2CNC2)C1=O. The number of rotatable bonds is 1. The van der Waals surface area contributed by atoms with E-state index in [4.69, 9.17) is 0 Å². The second kappa shape index (κ2) is 2.67. The van der Waals surface area contributed by atoms with Gasteiger partial charge in [0.2, 0.25) is 0 Å². The smallest absolute Gasteiger partial charge is 0.257 e. The molecule has 13 heavy (non-hydrogen) atoms. The average molecular weight is 180 g/mol. The first-order valence-electron chi connectivity index (χ1n) is 4.39. The number of imide groups is 1. The van der Waals surface area contributed by atoms with Crippen LogP contribution in [0.15, 0.2) is 11.1 Å². The van der Waals surface area contributed by atoms with Gasteiger partial charge in [-0.05, 0) is 13.8 Å². The first-order chi connectivity index (χ1) is 6.13. The summed E-state index contributed by atoms with van der Waals surface area (Å²) in [5.41, 5.74) is 1.19. The Morgan fingerprint density at radius 2 is 1.62 bits per heavy atom. The van der Waals surface area contributed by atoms with Gasteiger partial charge in [0.1, 0.15) is 0 Å². The first kappa shape index (κ1) is 8.44. The van der Waals surface area contributed by atoms with E-state index in [1.807, 2.05) is 0 Å². The summed E-state index contributed by atoms with van der Waals surface area (Å²) in [7, 11) is 0. The Hall–Kier alpha value is -1.16. The zero-order chi connectivity index (χ0) is 9.59. The quantitative estimate of drug-likeness (QED) is 0.562. The highest BCUT2D eigenvalue weighted by molar-refractivity contribution is 6.19. The van der Waals surface area contributed by atoms with Crippen LogP contribution in [0.25, 0.3) is 0 Å². The molecule has 0 unspecified atom stereocenters. The molecule has 1 saturated heterocycles. The van der Waals surface area contributed by atoms with Gasteiger partial charge in [0.05, 0.1) is 6.04 Å². The lowest BCUT2D eigenvalue weighted by molar-refractivity contribution is -0.141. The van der Waals surface area contributed by atoms with E-state index in [-0.39, 0.29) is 17.9 Å². The molecule has 0 aromatic rings. The number of carbonyl (C=O) groups is 2. The van der Waals surface area contributed by atoms with Gasteiger partial charge in [-0.1, -0.05) is 0 Å². The van der Waals surface area contributed by atoms with Crippen molar-refractivity contribution in [2.75, 3.05) is 13.1 Å². The second-order valence-electron chi connectivity index (χ2n) is 3.54. The third-order valence-electron chi connectivity index (χ3n) is 2.77. The van der Waals surface area contributed by atoms with Crippen molar-refractivity contribution in [3.05, 3.63) is 11.1 Å². The fraction of sp³-hybridized carbons (Fsp3) is 0.556. The predicted octanol–water partition coefficient (Wildman–Crippen LogP) is -0.337. The van der Waals surface area contributed by atoms with Gasteiger partial charge in [-0.25, -0.2) is 0 Å². The minimum absolute atomic E-state index is 0.0763. The van der Waals surface area contributed by atoms with Gasteiger partial charge in [0.15, 0.2) is 0 Å². The zero-order valence-electron chi connectivity index (χ0n) is 7.76.